The number of hydrogen-bond donors (Lipinski definition) is 1. The lowest BCUT2D eigenvalue weighted by atomic mass is 10.2. The molecule has 0 radical (unpaired) electrons. The number of aromatic nitrogens is 3. The summed E-state index contributed by atoms with van der Waals surface area (Å²) in [6.45, 7) is 8.39. The van der Waals surface area contributed by atoms with Crippen LogP contribution in [0.1, 0.15) is 18.2 Å². The highest BCUT2D eigenvalue weighted by atomic mass is 16.5. The van der Waals surface area contributed by atoms with Gasteiger partial charge in [0.05, 0.1) is 37.2 Å². The van der Waals surface area contributed by atoms with E-state index in [9.17, 15) is 4.79 Å². The summed E-state index contributed by atoms with van der Waals surface area (Å²) < 4.78 is 12.7. The number of carbonyl (C=O) groups excluding carboxylic acids is 1. The molecule has 1 aliphatic rings. The molecule has 2 aromatic rings. The smallest absolute Gasteiger partial charge is 0.243 e. The molecule has 8 heteroatoms. The molecule has 8 nitrogen and oxygen atoms in total. The molecule has 1 amide bonds. The van der Waals surface area contributed by atoms with Crippen LogP contribution >= 0.6 is 0 Å². The molecule has 2 aromatic heterocycles. The minimum Gasteiger partial charge on any atom is -0.374 e. The number of anilines is 1. The summed E-state index contributed by atoms with van der Waals surface area (Å²) in [5.74, 6) is 0.267. The average Bonchev–Trinajstić information content (AvgIpc) is 3.15. The minimum atomic E-state index is -0.277. The molecular formula is C16H23N5O3. The van der Waals surface area contributed by atoms with Gasteiger partial charge in [-0.15, -0.1) is 0 Å². The van der Waals surface area contributed by atoms with Crippen LogP contribution in [0.15, 0.2) is 23.0 Å². The second-order valence-electron chi connectivity index (χ2n) is 6.23. The fourth-order valence-electron chi connectivity index (χ4n) is 2.79. The van der Waals surface area contributed by atoms with Gasteiger partial charge in [0.2, 0.25) is 11.8 Å². The van der Waals surface area contributed by atoms with E-state index in [2.05, 4.69) is 20.5 Å². The van der Waals surface area contributed by atoms with Crippen molar-refractivity contribution in [1.82, 2.24) is 19.8 Å². The van der Waals surface area contributed by atoms with E-state index in [1.165, 1.54) is 0 Å². The number of amides is 1. The zero-order chi connectivity index (χ0) is 17.1. The summed E-state index contributed by atoms with van der Waals surface area (Å²) in [6, 6.07) is 1.42. The van der Waals surface area contributed by atoms with Gasteiger partial charge in [0.1, 0.15) is 0 Å². The Morgan fingerprint density at radius 1 is 1.50 bits per heavy atom. The molecule has 1 N–H and O–H groups in total. The molecule has 0 aliphatic carbocycles. The van der Waals surface area contributed by atoms with Gasteiger partial charge < -0.3 is 9.26 Å². The van der Waals surface area contributed by atoms with E-state index in [-0.39, 0.29) is 18.1 Å². The van der Waals surface area contributed by atoms with Crippen LogP contribution in [0, 0.1) is 13.8 Å². The molecule has 130 valence electrons. The molecule has 24 heavy (non-hydrogen) atoms. The van der Waals surface area contributed by atoms with Crippen molar-refractivity contribution in [3.63, 3.8) is 0 Å². The lowest BCUT2D eigenvalue weighted by molar-refractivity contribution is -0.124. The molecule has 0 aromatic carbocycles. The van der Waals surface area contributed by atoms with Crippen LogP contribution in [-0.4, -0.2) is 57.6 Å². The monoisotopic (exact) mass is 333 g/mol. The zero-order valence-corrected chi connectivity index (χ0v) is 14.2. The average molecular weight is 333 g/mol. The van der Waals surface area contributed by atoms with E-state index >= 15 is 0 Å². The van der Waals surface area contributed by atoms with Crippen LogP contribution in [0.4, 0.5) is 5.88 Å². The maximum absolute atomic E-state index is 12.4. The molecule has 0 bridgehead atoms. The van der Waals surface area contributed by atoms with Crippen LogP contribution in [0.25, 0.3) is 0 Å². The third-order valence-electron chi connectivity index (χ3n) is 4.12. The lowest BCUT2D eigenvalue weighted by Crippen LogP contribution is -2.51. The van der Waals surface area contributed by atoms with Gasteiger partial charge in [0, 0.05) is 25.4 Å². The maximum Gasteiger partial charge on any atom is 0.243 e. The van der Waals surface area contributed by atoms with E-state index in [0.717, 1.165) is 17.8 Å². The van der Waals surface area contributed by atoms with E-state index in [4.69, 9.17) is 9.26 Å². The molecular weight excluding hydrogens is 310 g/mol. The van der Waals surface area contributed by atoms with E-state index in [1.54, 1.807) is 6.07 Å². The predicted octanol–water partition coefficient (Wildman–Crippen LogP) is 1.22. The molecule has 0 spiro atoms. The first-order chi connectivity index (χ1) is 11.5. The third kappa shape index (κ3) is 4.01. The lowest BCUT2D eigenvalue weighted by Gasteiger charge is -2.35. The molecule has 1 aliphatic heterocycles. The Morgan fingerprint density at radius 2 is 2.33 bits per heavy atom. The molecule has 1 fully saturated rings. The number of morpholine rings is 1. The molecule has 1 saturated heterocycles. The van der Waals surface area contributed by atoms with Crippen molar-refractivity contribution in [1.29, 1.82) is 0 Å². The van der Waals surface area contributed by atoms with Gasteiger partial charge >= 0.3 is 0 Å². The highest BCUT2D eigenvalue weighted by Crippen LogP contribution is 2.14. The molecule has 3 rings (SSSR count). The van der Waals surface area contributed by atoms with Gasteiger partial charge in [-0.05, 0) is 26.3 Å². The Hall–Kier alpha value is -2.19. The molecule has 0 saturated carbocycles. The van der Waals surface area contributed by atoms with Crippen LogP contribution in [-0.2, 0) is 16.1 Å². The standard InChI is InChI=1S/C16H23N5O3/c1-11-7-17-21(8-11)10-14-9-20(4-5-23-14)13(3)16(22)18-15-6-12(2)19-24-15/h6-8,13-14H,4-5,9-10H2,1-3H3,(H,18,22)/t13-,14-/m0/s1. The van der Waals surface area contributed by atoms with E-state index < -0.39 is 0 Å². The quantitative estimate of drug-likeness (QED) is 0.885. The van der Waals surface area contributed by atoms with Crippen LogP contribution < -0.4 is 5.32 Å². The second kappa shape index (κ2) is 7.14. The highest BCUT2D eigenvalue weighted by molar-refractivity contribution is 5.93. The summed E-state index contributed by atoms with van der Waals surface area (Å²) in [7, 11) is 0. The van der Waals surface area contributed by atoms with Crippen LogP contribution in [0.5, 0.6) is 0 Å². The largest absolute Gasteiger partial charge is 0.374 e. The van der Waals surface area contributed by atoms with Gasteiger partial charge in [0.25, 0.3) is 0 Å². The van der Waals surface area contributed by atoms with E-state index in [0.29, 0.717) is 25.6 Å². The highest BCUT2D eigenvalue weighted by Gasteiger charge is 2.28. The number of carbonyl (C=O) groups is 1. The summed E-state index contributed by atoms with van der Waals surface area (Å²) in [6.07, 6.45) is 3.83. The van der Waals surface area contributed by atoms with Crippen molar-refractivity contribution in [2.45, 2.75) is 39.5 Å². The fourth-order valence-corrected chi connectivity index (χ4v) is 2.79. The zero-order valence-electron chi connectivity index (χ0n) is 14.2. The Bertz CT molecular complexity index is 695. The summed E-state index contributed by atoms with van der Waals surface area (Å²) in [5, 5.41) is 10.8. The first-order valence-corrected chi connectivity index (χ1v) is 8.10. The molecule has 0 unspecified atom stereocenters. The minimum absolute atomic E-state index is 0.0147. The Morgan fingerprint density at radius 3 is 3.00 bits per heavy atom. The number of aryl methyl sites for hydroxylation is 2. The van der Waals surface area contributed by atoms with Gasteiger partial charge in [-0.25, -0.2) is 0 Å². The van der Waals surface area contributed by atoms with Crippen molar-refractivity contribution >= 4 is 11.8 Å². The Labute approximate surface area is 140 Å². The normalized spacial score (nSPS) is 20.0. The fraction of sp³-hybridized carbons (Fsp3) is 0.562. The van der Waals surface area contributed by atoms with Crippen molar-refractivity contribution in [2.75, 3.05) is 25.0 Å². The van der Waals surface area contributed by atoms with Crippen molar-refractivity contribution in [3.05, 3.63) is 29.7 Å². The van der Waals surface area contributed by atoms with Crippen LogP contribution in [0.2, 0.25) is 0 Å². The third-order valence-corrected chi connectivity index (χ3v) is 4.12. The van der Waals surface area contributed by atoms with Crippen molar-refractivity contribution < 1.29 is 14.1 Å². The first-order valence-electron chi connectivity index (χ1n) is 8.10. The van der Waals surface area contributed by atoms with Crippen molar-refractivity contribution in [2.24, 2.45) is 0 Å². The predicted molar refractivity (Wildman–Crippen MR) is 87.6 cm³/mol. The van der Waals surface area contributed by atoms with Gasteiger partial charge in [-0.1, -0.05) is 5.16 Å². The molecule has 3 heterocycles. The summed E-state index contributed by atoms with van der Waals surface area (Å²) in [4.78, 5) is 14.5. The maximum atomic E-state index is 12.4. The van der Waals surface area contributed by atoms with Gasteiger partial charge in [0.15, 0.2) is 0 Å². The van der Waals surface area contributed by atoms with Crippen molar-refractivity contribution in [3.8, 4) is 0 Å². The Kier molecular flexibility index (Phi) is 4.96. The number of rotatable bonds is 5. The van der Waals surface area contributed by atoms with Crippen LogP contribution in [0.3, 0.4) is 0 Å². The first kappa shape index (κ1) is 16.7. The van der Waals surface area contributed by atoms with Gasteiger partial charge in [-0.2, -0.15) is 5.10 Å². The number of hydrogen-bond acceptors (Lipinski definition) is 6. The topological polar surface area (TPSA) is 85.4 Å². The number of ether oxygens (including phenoxy) is 1. The number of nitrogens with zero attached hydrogens (tertiary/aromatic N) is 4. The number of nitrogens with one attached hydrogen (secondary N) is 1. The summed E-state index contributed by atoms with van der Waals surface area (Å²) in [5.41, 5.74) is 1.86. The molecule has 2 atom stereocenters. The Balaban J connectivity index is 1.55. The van der Waals surface area contributed by atoms with Gasteiger partial charge in [-0.3, -0.25) is 19.7 Å². The summed E-state index contributed by atoms with van der Waals surface area (Å²) >= 11 is 0. The van der Waals surface area contributed by atoms with E-state index in [1.807, 2.05) is 37.8 Å². The second-order valence-corrected chi connectivity index (χ2v) is 6.23. The SMILES string of the molecule is Cc1cnn(C[C@@H]2CN([C@@H](C)C(=O)Nc3cc(C)no3)CCO2)c1.